The fourth-order valence-electron chi connectivity index (χ4n) is 2.56. The molecule has 0 saturated heterocycles. The quantitative estimate of drug-likeness (QED) is 0.587. The van der Waals surface area contributed by atoms with E-state index in [-0.39, 0.29) is 24.7 Å². The maximum atomic E-state index is 12.2. The van der Waals surface area contributed by atoms with Crippen molar-refractivity contribution in [3.05, 3.63) is 65.7 Å². The van der Waals surface area contributed by atoms with Gasteiger partial charge in [0.25, 0.3) is 0 Å². The van der Waals surface area contributed by atoms with E-state index in [0.717, 1.165) is 16.8 Å². The predicted octanol–water partition coefficient (Wildman–Crippen LogP) is 3.87. The molecule has 0 aliphatic carbocycles. The van der Waals surface area contributed by atoms with E-state index in [0.29, 0.717) is 11.6 Å². The van der Waals surface area contributed by atoms with Crippen LogP contribution in [0.3, 0.4) is 0 Å². The van der Waals surface area contributed by atoms with Crippen LogP contribution < -0.4 is 10.7 Å². The lowest BCUT2D eigenvalue weighted by Crippen LogP contribution is -2.23. The fourth-order valence-corrected chi connectivity index (χ4v) is 2.56. The van der Waals surface area contributed by atoms with Crippen LogP contribution >= 0.6 is 0 Å². The van der Waals surface area contributed by atoms with E-state index in [1.54, 1.807) is 6.92 Å². The van der Waals surface area contributed by atoms with Gasteiger partial charge in [-0.1, -0.05) is 62.4 Å². The van der Waals surface area contributed by atoms with Crippen LogP contribution in [0.1, 0.15) is 44.2 Å². The molecule has 0 bridgehead atoms. The van der Waals surface area contributed by atoms with Crippen LogP contribution in [0.25, 0.3) is 0 Å². The molecule has 0 aliphatic rings. The molecule has 0 atom stereocenters. The molecule has 0 aliphatic heterocycles. The average Bonchev–Trinajstić information content (AvgIpc) is 2.61. The van der Waals surface area contributed by atoms with Crippen LogP contribution in [-0.4, -0.2) is 17.5 Å². The highest BCUT2D eigenvalue weighted by Gasteiger charge is 2.10. The Morgan fingerprint density at radius 1 is 0.962 bits per heavy atom. The van der Waals surface area contributed by atoms with Crippen molar-refractivity contribution in [1.29, 1.82) is 0 Å². The summed E-state index contributed by atoms with van der Waals surface area (Å²) in [6.07, 6.45) is 0.379. The summed E-state index contributed by atoms with van der Waals surface area (Å²) < 4.78 is 0. The number of anilines is 1. The van der Waals surface area contributed by atoms with Crippen molar-refractivity contribution in [2.24, 2.45) is 5.10 Å². The highest BCUT2D eigenvalue weighted by molar-refractivity contribution is 6.06. The van der Waals surface area contributed by atoms with Crippen LogP contribution in [0.5, 0.6) is 0 Å². The minimum absolute atomic E-state index is 0.123. The molecule has 0 heterocycles. The van der Waals surface area contributed by atoms with Gasteiger partial charge < -0.3 is 5.32 Å². The number of para-hydroxylation sites is 1. The maximum Gasteiger partial charge on any atom is 0.244 e. The average molecular weight is 351 g/mol. The molecule has 2 aromatic carbocycles. The number of nitrogens with one attached hydrogen (secondary N) is 2. The molecule has 2 rings (SSSR count). The third-order valence-electron chi connectivity index (χ3n) is 3.85. The van der Waals surface area contributed by atoms with Gasteiger partial charge in [0, 0.05) is 11.4 Å². The molecule has 2 aromatic rings. The van der Waals surface area contributed by atoms with Crippen LogP contribution in [-0.2, 0) is 16.0 Å². The minimum atomic E-state index is -0.207. The Bertz CT molecular complexity index is 783. The molecular weight excluding hydrogens is 326 g/mol. The zero-order valence-corrected chi connectivity index (χ0v) is 15.5. The highest BCUT2D eigenvalue weighted by Crippen LogP contribution is 2.23. The first-order chi connectivity index (χ1) is 12.5. The number of hydrazone groups is 1. The third-order valence-corrected chi connectivity index (χ3v) is 3.85. The Morgan fingerprint density at radius 3 is 2.31 bits per heavy atom. The molecule has 0 fully saturated rings. The summed E-state index contributed by atoms with van der Waals surface area (Å²) in [6.45, 7) is 5.89. The van der Waals surface area contributed by atoms with Gasteiger partial charge in [-0.05, 0) is 30.0 Å². The van der Waals surface area contributed by atoms with Crippen LogP contribution in [0.4, 0.5) is 5.69 Å². The molecule has 5 nitrogen and oxygen atoms in total. The predicted molar refractivity (Wildman–Crippen MR) is 105 cm³/mol. The van der Waals surface area contributed by atoms with Crippen molar-refractivity contribution < 1.29 is 9.59 Å². The SMILES string of the molecule is C/C(CC(=O)Nc1ccccc1C(C)C)=N/NC(=O)Cc1ccccc1. The van der Waals surface area contributed by atoms with E-state index >= 15 is 0 Å². The first-order valence-corrected chi connectivity index (χ1v) is 8.70. The summed E-state index contributed by atoms with van der Waals surface area (Å²) in [5.41, 5.74) is 5.87. The Hall–Kier alpha value is -2.95. The van der Waals surface area contributed by atoms with Crippen LogP contribution in [0.2, 0.25) is 0 Å². The fraction of sp³-hybridized carbons (Fsp3) is 0.286. The highest BCUT2D eigenvalue weighted by atomic mass is 16.2. The maximum absolute atomic E-state index is 12.2. The van der Waals surface area contributed by atoms with E-state index in [4.69, 9.17) is 0 Å². The lowest BCUT2D eigenvalue weighted by atomic mass is 10.0. The van der Waals surface area contributed by atoms with E-state index in [2.05, 4.69) is 29.7 Å². The Morgan fingerprint density at radius 2 is 1.62 bits per heavy atom. The zero-order chi connectivity index (χ0) is 18.9. The molecule has 0 aromatic heterocycles. The molecule has 0 radical (unpaired) electrons. The van der Waals surface area contributed by atoms with Crippen molar-refractivity contribution in [2.45, 2.75) is 39.5 Å². The van der Waals surface area contributed by atoms with Gasteiger partial charge in [-0.25, -0.2) is 5.43 Å². The largest absolute Gasteiger partial charge is 0.325 e. The molecule has 2 N–H and O–H groups in total. The lowest BCUT2D eigenvalue weighted by Gasteiger charge is -2.13. The van der Waals surface area contributed by atoms with Gasteiger partial charge in [0.2, 0.25) is 11.8 Å². The van der Waals surface area contributed by atoms with Gasteiger partial charge in [0.1, 0.15) is 0 Å². The van der Waals surface area contributed by atoms with Crippen molar-refractivity contribution in [3.8, 4) is 0 Å². The number of amides is 2. The monoisotopic (exact) mass is 351 g/mol. The van der Waals surface area contributed by atoms with Gasteiger partial charge in [-0.2, -0.15) is 5.10 Å². The van der Waals surface area contributed by atoms with Gasteiger partial charge in [0.05, 0.1) is 12.8 Å². The Labute approximate surface area is 154 Å². The number of hydrogen-bond acceptors (Lipinski definition) is 3. The summed E-state index contributed by atoms with van der Waals surface area (Å²) in [6, 6.07) is 17.2. The number of hydrogen-bond donors (Lipinski definition) is 2. The summed E-state index contributed by atoms with van der Waals surface area (Å²) in [5.74, 6) is -0.0451. The number of benzene rings is 2. The van der Waals surface area contributed by atoms with Crippen LogP contribution in [0, 0.1) is 0 Å². The topological polar surface area (TPSA) is 70.6 Å². The molecular formula is C21H25N3O2. The number of rotatable bonds is 7. The summed E-state index contributed by atoms with van der Waals surface area (Å²) in [5, 5.41) is 6.93. The minimum Gasteiger partial charge on any atom is -0.325 e. The summed E-state index contributed by atoms with van der Waals surface area (Å²) in [7, 11) is 0. The molecule has 5 heteroatoms. The second-order valence-corrected chi connectivity index (χ2v) is 6.51. The molecule has 136 valence electrons. The molecule has 0 unspecified atom stereocenters. The molecule has 26 heavy (non-hydrogen) atoms. The van der Waals surface area contributed by atoms with Gasteiger partial charge >= 0.3 is 0 Å². The van der Waals surface area contributed by atoms with E-state index < -0.39 is 0 Å². The second-order valence-electron chi connectivity index (χ2n) is 6.51. The molecule has 0 spiro atoms. The van der Waals surface area contributed by atoms with Gasteiger partial charge in [-0.15, -0.1) is 0 Å². The van der Waals surface area contributed by atoms with Crippen molar-refractivity contribution in [1.82, 2.24) is 5.43 Å². The van der Waals surface area contributed by atoms with Crippen molar-refractivity contribution in [3.63, 3.8) is 0 Å². The first-order valence-electron chi connectivity index (χ1n) is 8.70. The standard InChI is InChI=1S/C21H25N3O2/c1-15(2)18-11-7-8-12-19(18)22-20(25)13-16(3)23-24-21(26)14-17-9-5-4-6-10-17/h4-12,15H,13-14H2,1-3H3,(H,22,25)(H,24,26)/b23-16-. The Kier molecular flexibility index (Phi) is 7.09. The van der Waals surface area contributed by atoms with Crippen LogP contribution in [0.15, 0.2) is 59.7 Å². The van der Waals surface area contributed by atoms with Gasteiger partial charge in [-0.3, -0.25) is 9.59 Å². The van der Waals surface area contributed by atoms with E-state index in [9.17, 15) is 9.59 Å². The van der Waals surface area contributed by atoms with Crippen molar-refractivity contribution in [2.75, 3.05) is 5.32 Å². The second kappa shape index (κ2) is 9.51. The number of carbonyl (C=O) groups is 2. The molecule has 0 saturated carbocycles. The lowest BCUT2D eigenvalue weighted by molar-refractivity contribution is -0.120. The zero-order valence-electron chi connectivity index (χ0n) is 15.5. The Balaban J connectivity index is 1.86. The smallest absolute Gasteiger partial charge is 0.244 e. The normalized spacial score (nSPS) is 11.3. The molecule has 2 amide bonds. The number of carbonyl (C=O) groups excluding carboxylic acids is 2. The van der Waals surface area contributed by atoms with E-state index in [1.807, 2.05) is 54.6 Å². The summed E-state index contributed by atoms with van der Waals surface area (Å²) >= 11 is 0. The number of nitrogens with zero attached hydrogens (tertiary/aromatic N) is 1. The van der Waals surface area contributed by atoms with E-state index in [1.165, 1.54) is 0 Å². The van der Waals surface area contributed by atoms with Gasteiger partial charge in [0.15, 0.2) is 0 Å². The third kappa shape index (κ3) is 6.16. The first kappa shape index (κ1) is 19.4. The van der Waals surface area contributed by atoms with Crippen molar-refractivity contribution >= 4 is 23.2 Å². The summed E-state index contributed by atoms with van der Waals surface area (Å²) in [4.78, 5) is 24.1.